The van der Waals surface area contributed by atoms with E-state index in [0.717, 1.165) is 13.0 Å². The normalized spacial score (nSPS) is 12.1. The third kappa shape index (κ3) is 10.3. The first-order valence-electron chi connectivity index (χ1n) is 4.56. The Bertz CT molecular complexity index is 197. The van der Waals surface area contributed by atoms with Crippen LogP contribution in [0.5, 0.6) is 0 Å². The molecule has 0 aliphatic rings. The van der Waals surface area contributed by atoms with Gasteiger partial charge in [0.25, 0.3) is 0 Å². The van der Waals surface area contributed by atoms with Crippen molar-refractivity contribution < 1.29 is 13.2 Å². The number of alkyl halides is 3. The fourth-order valence-electron chi connectivity index (χ4n) is 1.10. The maximum Gasteiger partial charge on any atom is 0.441 e. The molecule has 0 fully saturated rings. The summed E-state index contributed by atoms with van der Waals surface area (Å²) in [6.07, 6.45) is 0.874. The molecular weight excluding hydrogens is 245 g/mol. The van der Waals surface area contributed by atoms with Gasteiger partial charge in [0, 0.05) is 18.8 Å². The van der Waals surface area contributed by atoms with E-state index in [2.05, 4.69) is 0 Å². The standard InChI is InChI=1S/C8H15F3N2S2/c1-2-3-13(6-7(12)14)4-5-15-8(9,10)11/h2-6H2,1H3,(H2,12,14). The summed E-state index contributed by atoms with van der Waals surface area (Å²) in [5, 5.41) is 0. The smallest absolute Gasteiger partial charge is 0.392 e. The molecule has 0 atom stereocenters. The summed E-state index contributed by atoms with van der Waals surface area (Å²) < 4.78 is 35.5. The summed E-state index contributed by atoms with van der Waals surface area (Å²) in [5.74, 6) is 0.0200. The predicted octanol–water partition coefficient (Wildman–Crippen LogP) is 2.24. The van der Waals surface area contributed by atoms with Crippen LogP contribution >= 0.6 is 24.0 Å². The lowest BCUT2D eigenvalue weighted by Crippen LogP contribution is -2.35. The topological polar surface area (TPSA) is 29.3 Å². The minimum atomic E-state index is -4.15. The SMILES string of the molecule is CCCN(CCSC(F)(F)F)CC(N)=S. The highest BCUT2D eigenvalue weighted by atomic mass is 32.2. The number of thiocarbonyl (C=S) groups is 1. The molecule has 0 radical (unpaired) electrons. The van der Waals surface area contributed by atoms with Gasteiger partial charge in [-0.15, -0.1) is 0 Å². The Balaban J connectivity index is 3.80. The van der Waals surface area contributed by atoms with Crippen molar-refractivity contribution in [2.45, 2.75) is 18.9 Å². The summed E-state index contributed by atoms with van der Waals surface area (Å²) in [4.78, 5) is 2.15. The average molecular weight is 260 g/mol. The lowest BCUT2D eigenvalue weighted by atomic mass is 10.4. The molecule has 0 aliphatic carbocycles. The molecule has 2 N–H and O–H groups in total. The Hall–Kier alpha value is -0.0100. The third-order valence-electron chi connectivity index (χ3n) is 1.59. The van der Waals surface area contributed by atoms with Gasteiger partial charge in [-0.1, -0.05) is 19.1 Å². The van der Waals surface area contributed by atoms with Crippen molar-refractivity contribution in [2.24, 2.45) is 5.73 Å². The molecule has 0 rings (SSSR count). The van der Waals surface area contributed by atoms with Crippen molar-refractivity contribution >= 4 is 29.0 Å². The molecule has 0 saturated carbocycles. The number of hydrogen-bond donors (Lipinski definition) is 1. The number of thioether (sulfide) groups is 1. The molecule has 0 aliphatic heterocycles. The molecule has 0 aromatic heterocycles. The fraction of sp³-hybridized carbons (Fsp3) is 0.875. The second kappa shape index (κ2) is 7.29. The number of rotatable bonds is 7. The molecule has 90 valence electrons. The van der Waals surface area contributed by atoms with Crippen LogP contribution in [-0.2, 0) is 0 Å². The molecule has 7 heteroatoms. The van der Waals surface area contributed by atoms with Gasteiger partial charge in [-0.3, -0.25) is 4.90 Å². The van der Waals surface area contributed by atoms with Crippen LogP contribution in [0.4, 0.5) is 13.2 Å². The number of hydrogen-bond acceptors (Lipinski definition) is 3. The van der Waals surface area contributed by atoms with Crippen molar-refractivity contribution in [3.05, 3.63) is 0 Å². The van der Waals surface area contributed by atoms with Gasteiger partial charge in [0.05, 0.1) is 4.99 Å². The van der Waals surface area contributed by atoms with Crippen LogP contribution in [0.15, 0.2) is 0 Å². The molecule has 0 spiro atoms. The Morgan fingerprint density at radius 2 is 2.00 bits per heavy atom. The largest absolute Gasteiger partial charge is 0.441 e. The second-order valence-corrected chi connectivity index (χ2v) is 4.72. The summed E-state index contributed by atoms with van der Waals surface area (Å²) >= 11 is 4.71. The quantitative estimate of drug-likeness (QED) is 0.711. The highest BCUT2D eigenvalue weighted by Gasteiger charge is 2.27. The zero-order valence-electron chi connectivity index (χ0n) is 8.51. The van der Waals surface area contributed by atoms with Crippen LogP contribution in [0.1, 0.15) is 13.3 Å². The van der Waals surface area contributed by atoms with E-state index in [4.69, 9.17) is 18.0 Å². The summed E-state index contributed by atoms with van der Waals surface area (Å²) in [5.41, 5.74) is 1.19. The van der Waals surface area contributed by atoms with Crippen LogP contribution < -0.4 is 5.73 Å². The lowest BCUT2D eigenvalue weighted by molar-refractivity contribution is -0.0328. The molecule has 0 unspecified atom stereocenters. The zero-order chi connectivity index (χ0) is 11.9. The number of nitrogens with zero attached hydrogens (tertiary/aromatic N) is 1. The van der Waals surface area contributed by atoms with Crippen LogP contribution in [0.3, 0.4) is 0 Å². The van der Waals surface area contributed by atoms with E-state index < -0.39 is 5.51 Å². The van der Waals surface area contributed by atoms with Gasteiger partial charge in [-0.2, -0.15) is 13.2 Å². The van der Waals surface area contributed by atoms with E-state index in [9.17, 15) is 13.2 Å². The molecule has 0 aromatic rings. The Morgan fingerprint density at radius 3 is 2.40 bits per heavy atom. The van der Waals surface area contributed by atoms with Gasteiger partial charge in [0.2, 0.25) is 0 Å². The first-order valence-corrected chi connectivity index (χ1v) is 5.96. The Morgan fingerprint density at radius 1 is 1.40 bits per heavy atom. The van der Waals surface area contributed by atoms with E-state index in [1.165, 1.54) is 0 Å². The molecule has 2 nitrogen and oxygen atoms in total. The molecule has 0 heterocycles. The van der Waals surface area contributed by atoms with Crippen molar-refractivity contribution in [3.8, 4) is 0 Å². The second-order valence-electron chi connectivity index (χ2n) is 3.04. The van der Waals surface area contributed by atoms with E-state index in [0.29, 0.717) is 18.1 Å². The van der Waals surface area contributed by atoms with Gasteiger partial charge in [0.15, 0.2) is 0 Å². The maximum atomic E-state index is 11.8. The summed E-state index contributed by atoms with van der Waals surface area (Å²) in [6, 6.07) is 0. The Kier molecular flexibility index (Phi) is 7.29. The van der Waals surface area contributed by atoms with Crippen LogP contribution in [-0.4, -0.2) is 40.8 Å². The van der Waals surface area contributed by atoms with E-state index in [1.54, 1.807) is 0 Å². The zero-order valence-corrected chi connectivity index (χ0v) is 10.1. The van der Waals surface area contributed by atoms with Crippen LogP contribution in [0, 0.1) is 0 Å². The molecule has 0 amide bonds. The van der Waals surface area contributed by atoms with Crippen LogP contribution in [0.25, 0.3) is 0 Å². The summed E-state index contributed by atoms with van der Waals surface area (Å²) in [6.45, 7) is 3.43. The highest BCUT2D eigenvalue weighted by Crippen LogP contribution is 2.29. The third-order valence-corrected chi connectivity index (χ3v) is 2.44. The summed E-state index contributed by atoms with van der Waals surface area (Å²) in [7, 11) is 0. The van der Waals surface area contributed by atoms with Crippen molar-refractivity contribution in [3.63, 3.8) is 0 Å². The predicted molar refractivity (Wildman–Crippen MR) is 62.0 cm³/mol. The number of nitrogens with two attached hydrogens (primary N) is 1. The van der Waals surface area contributed by atoms with Crippen molar-refractivity contribution in [1.82, 2.24) is 4.90 Å². The Labute approximate surface area is 97.4 Å². The lowest BCUT2D eigenvalue weighted by Gasteiger charge is -2.20. The van der Waals surface area contributed by atoms with Crippen molar-refractivity contribution in [1.29, 1.82) is 0 Å². The van der Waals surface area contributed by atoms with Gasteiger partial charge in [-0.25, -0.2) is 0 Å². The molecular formula is C8H15F3N2S2. The molecule has 0 saturated heterocycles. The van der Waals surface area contributed by atoms with Gasteiger partial charge in [-0.05, 0) is 24.7 Å². The molecule has 0 bridgehead atoms. The van der Waals surface area contributed by atoms with Gasteiger partial charge >= 0.3 is 5.51 Å². The minimum Gasteiger partial charge on any atom is -0.392 e. The highest BCUT2D eigenvalue weighted by molar-refractivity contribution is 8.00. The van der Waals surface area contributed by atoms with Crippen LogP contribution in [0.2, 0.25) is 0 Å². The monoisotopic (exact) mass is 260 g/mol. The first-order chi connectivity index (χ1) is 6.85. The first kappa shape index (κ1) is 15.0. The van der Waals surface area contributed by atoms with E-state index in [-0.39, 0.29) is 17.5 Å². The molecule has 0 aromatic carbocycles. The fourth-order valence-corrected chi connectivity index (χ4v) is 1.86. The number of halogens is 3. The van der Waals surface area contributed by atoms with Crippen molar-refractivity contribution in [2.75, 3.05) is 25.4 Å². The minimum absolute atomic E-state index is 0.0109. The maximum absolute atomic E-state index is 11.8. The average Bonchev–Trinajstić information content (AvgIpc) is 2.00. The van der Waals surface area contributed by atoms with E-state index >= 15 is 0 Å². The van der Waals surface area contributed by atoms with E-state index in [1.807, 2.05) is 11.8 Å². The van der Waals surface area contributed by atoms with Gasteiger partial charge < -0.3 is 5.73 Å². The molecule has 15 heavy (non-hydrogen) atoms. The van der Waals surface area contributed by atoms with Gasteiger partial charge in [0.1, 0.15) is 0 Å².